The maximum atomic E-state index is 5.62. The van der Waals surface area contributed by atoms with E-state index in [2.05, 4.69) is 19.2 Å². The molecule has 0 heterocycles. The summed E-state index contributed by atoms with van der Waals surface area (Å²) < 4.78 is 0. The van der Waals surface area contributed by atoms with Gasteiger partial charge in [0.25, 0.3) is 0 Å². The van der Waals surface area contributed by atoms with Gasteiger partial charge < -0.3 is 5.32 Å². The lowest BCUT2D eigenvalue weighted by Crippen LogP contribution is -2.35. The minimum absolute atomic E-state index is 0.641. The highest BCUT2D eigenvalue weighted by Crippen LogP contribution is 2.26. The van der Waals surface area contributed by atoms with Gasteiger partial charge in [0.15, 0.2) is 0 Å². The zero-order chi connectivity index (χ0) is 10.4. The molecule has 82 valence electrons. The van der Waals surface area contributed by atoms with Crippen molar-refractivity contribution in [3.8, 4) is 0 Å². The third-order valence-electron chi connectivity index (χ3n) is 3.25. The molecule has 0 radical (unpaired) electrons. The van der Waals surface area contributed by atoms with E-state index >= 15 is 0 Å². The van der Waals surface area contributed by atoms with Gasteiger partial charge in [-0.1, -0.05) is 30.9 Å². The average molecular weight is 216 g/mol. The van der Waals surface area contributed by atoms with Crippen molar-refractivity contribution in [1.29, 1.82) is 0 Å². The zero-order valence-corrected chi connectivity index (χ0v) is 10.1. The third kappa shape index (κ3) is 4.02. The lowest BCUT2D eigenvalue weighted by atomic mass is 9.84. The molecule has 1 fully saturated rings. The Labute approximate surface area is 92.9 Å². The van der Waals surface area contributed by atoms with Gasteiger partial charge >= 0.3 is 0 Å². The lowest BCUT2D eigenvalue weighted by Gasteiger charge is -2.28. The van der Waals surface area contributed by atoms with Crippen LogP contribution in [0.5, 0.6) is 0 Å². The minimum atomic E-state index is 0.641. The van der Waals surface area contributed by atoms with E-state index in [0.29, 0.717) is 6.04 Å². The van der Waals surface area contributed by atoms with Crippen LogP contribution in [0.25, 0.3) is 0 Å². The molecule has 1 aliphatic rings. The van der Waals surface area contributed by atoms with Gasteiger partial charge in [-0.15, -0.1) is 0 Å². The topological polar surface area (TPSA) is 12.0 Å². The van der Waals surface area contributed by atoms with Crippen LogP contribution in [0.4, 0.5) is 0 Å². The fourth-order valence-corrected chi connectivity index (χ4v) is 2.24. The molecule has 0 aromatic rings. The van der Waals surface area contributed by atoms with E-state index in [1.165, 1.54) is 37.7 Å². The largest absolute Gasteiger partial charge is 0.310 e. The lowest BCUT2D eigenvalue weighted by molar-refractivity contribution is 0.286. The number of rotatable bonds is 4. The molecule has 1 nitrogen and oxygen atoms in total. The van der Waals surface area contributed by atoms with E-state index in [1.807, 2.05) is 0 Å². The van der Waals surface area contributed by atoms with Gasteiger partial charge in [-0.2, -0.15) is 0 Å². The standard InChI is InChI=1S/C12H22ClN/c1-10(8-13)9-14-11(2)12-6-4-3-5-7-12/h8,11-12,14H,3-7,9H2,1-2H3/t11-/m1/s1. The van der Waals surface area contributed by atoms with Crippen LogP contribution < -0.4 is 5.32 Å². The summed E-state index contributed by atoms with van der Waals surface area (Å²) in [5, 5.41) is 3.55. The summed E-state index contributed by atoms with van der Waals surface area (Å²) in [6.07, 6.45) is 7.07. The fraction of sp³-hybridized carbons (Fsp3) is 0.833. The van der Waals surface area contributed by atoms with Crippen LogP contribution in [-0.4, -0.2) is 12.6 Å². The first-order valence-corrected chi connectivity index (χ1v) is 6.17. The highest BCUT2D eigenvalue weighted by molar-refractivity contribution is 6.25. The van der Waals surface area contributed by atoms with Crippen molar-refractivity contribution in [2.45, 2.75) is 52.0 Å². The molecular formula is C12H22ClN. The molecule has 1 atom stereocenters. The van der Waals surface area contributed by atoms with Crippen molar-refractivity contribution >= 4 is 11.6 Å². The normalized spacial score (nSPS) is 22.4. The Bertz CT molecular complexity index is 183. The van der Waals surface area contributed by atoms with Crippen LogP contribution in [0.3, 0.4) is 0 Å². The van der Waals surface area contributed by atoms with Gasteiger partial charge in [0.1, 0.15) is 0 Å². The number of halogens is 1. The summed E-state index contributed by atoms with van der Waals surface area (Å²) in [5.74, 6) is 0.881. The summed E-state index contributed by atoms with van der Waals surface area (Å²) >= 11 is 5.62. The number of hydrogen-bond donors (Lipinski definition) is 1. The Kier molecular flexibility index (Phi) is 5.57. The zero-order valence-electron chi connectivity index (χ0n) is 9.35. The molecule has 14 heavy (non-hydrogen) atoms. The molecule has 0 aromatic carbocycles. The van der Waals surface area contributed by atoms with E-state index in [4.69, 9.17) is 11.6 Å². The first-order valence-electron chi connectivity index (χ1n) is 5.73. The quantitative estimate of drug-likeness (QED) is 0.755. The van der Waals surface area contributed by atoms with E-state index in [0.717, 1.165) is 12.5 Å². The molecule has 0 saturated heterocycles. The van der Waals surface area contributed by atoms with Gasteiger partial charge in [-0.25, -0.2) is 0 Å². The van der Waals surface area contributed by atoms with Crippen molar-refractivity contribution in [2.24, 2.45) is 5.92 Å². The SMILES string of the molecule is CC(=CCl)CN[C@H](C)C1CCCCC1. The summed E-state index contributed by atoms with van der Waals surface area (Å²) in [4.78, 5) is 0. The molecular weight excluding hydrogens is 194 g/mol. The second-order valence-electron chi connectivity index (χ2n) is 4.52. The summed E-state index contributed by atoms with van der Waals surface area (Å²) in [6, 6.07) is 0.641. The van der Waals surface area contributed by atoms with E-state index < -0.39 is 0 Å². The van der Waals surface area contributed by atoms with Gasteiger partial charge in [-0.3, -0.25) is 0 Å². The average Bonchev–Trinajstić information content (AvgIpc) is 2.26. The van der Waals surface area contributed by atoms with Crippen molar-refractivity contribution < 1.29 is 0 Å². The Morgan fingerprint density at radius 3 is 2.64 bits per heavy atom. The Hall–Kier alpha value is -0.0100. The van der Waals surface area contributed by atoms with Gasteiger partial charge in [0, 0.05) is 18.1 Å². The van der Waals surface area contributed by atoms with Crippen LogP contribution in [-0.2, 0) is 0 Å². The highest BCUT2D eigenvalue weighted by atomic mass is 35.5. The number of hydrogen-bond acceptors (Lipinski definition) is 1. The maximum absolute atomic E-state index is 5.62. The predicted molar refractivity (Wildman–Crippen MR) is 63.6 cm³/mol. The van der Waals surface area contributed by atoms with Crippen molar-refractivity contribution in [3.05, 3.63) is 11.1 Å². The van der Waals surface area contributed by atoms with Gasteiger partial charge in [0.2, 0.25) is 0 Å². The summed E-state index contributed by atoms with van der Waals surface area (Å²) in [7, 11) is 0. The van der Waals surface area contributed by atoms with Crippen LogP contribution >= 0.6 is 11.6 Å². The van der Waals surface area contributed by atoms with Gasteiger partial charge in [-0.05, 0) is 38.2 Å². The second-order valence-corrected chi connectivity index (χ2v) is 4.74. The van der Waals surface area contributed by atoms with E-state index in [9.17, 15) is 0 Å². The Balaban J connectivity index is 2.22. The minimum Gasteiger partial charge on any atom is -0.310 e. The van der Waals surface area contributed by atoms with Crippen molar-refractivity contribution in [2.75, 3.05) is 6.54 Å². The maximum Gasteiger partial charge on any atom is 0.0176 e. The summed E-state index contributed by atoms with van der Waals surface area (Å²) in [5.41, 5.74) is 2.88. The molecule has 0 amide bonds. The van der Waals surface area contributed by atoms with Crippen molar-refractivity contribution in [3.63, 3.8) is 0 Å². The van der Waals surface area contributed by atoms with E-state index in [1.54, 1.807) is 5.54 Å². The van der Waals surface area contributed by atoms with Crippen LogP contribution in [0, 0.1) is 5.92 Å². The van der Waals surface area contributed by atoms with Crippen molar-refractivity contribution in [1.82, 2.24) is 5.32 Å². The first-order chi connectivity index (χ1) is 6.74. The van der Waals surface area contributed by atoms with E-state index in [-0.39, 0.29) is 0 Å². The molecule has 1 aliphatic carbocycles. The summed E-state index contributed by atoms with van der Waals surface area (Å²) in [6.45, 7) is 5.30. The van der Waals surface area contributed by atoms with Crippen LogP contribution in [0.2, 0.25) is 0 Å². The third-order valence-corrected chi connectivity index (χ3v) is 3.62. The molecule has 0 aliphatic heterocycles. The Morgan fingerprint density at radius 1 is 1.43 bits per heavy atom. The molecule has 1 saturated carbocycles. The smallest absolute Gasteiger partial charge is 0.0176 e. The van der Waals surface area contributed by atoms with Crippen LogP contribution in [0.15, 0.2) is 11.1 Å². The molecule has 1 rings (SSSR count). The van der Waals surface area contributed by atoms with Crippen LogP contribution in [0.1, 0.15) is 46.0 Å². The second kappa shape index (κ2) is 6.47. The molecule has 0 spiro atoms. The first kappa shape index (κ1) is 12.1. The molecule has 1 N–H and O–H groups in total. The Morgan fingerprint density at radius 2 is 2.07 bits per heavy atom. The molecule has 0 unspecified atom stereocenters. The monoisotopic (exact) mass is 215 g/mol. The molecule has 0 aromatic heterocycles. The highest BCUT2D eigenvalue weighted by Gasteiger charge is 2.19. The number of nitrogens with one attached hydrogen (secondary N) is 1. The van der Waals surface area contributed by atoms with Gasteiger partial charge in [0.05, 0.1) is 0 Å². The molecule has 0 bridgehead atoms. The fourth-order valence-electron chi connectivity index (χ4n) is 2.16. The molecule has 2 heteroatoms. The predicted octanol–water partition coefficient (Wildman–Crippen LogP) is 3.69.